The number of aliphatic hydroxyl groups is 1. The molecule has 0 amide bonds. The minimum absolute atomic E-state index is 0.468. The summed E-state index contributed by atoms with van der Waals surface area (Å²) in [4.78, 5) is 2.37. The van der Waals surface area contributed by atoms with E-state index in [1.807, 2.05) is 0 Å². The molecule has 0 aromatic rings. The van der Waals surface area contributed by atoms with Crippen molar-refractivity contribution in [3.05, 3.63) is 5.92 Å². The summed E-state index contributed by atoms with van der Waals surface area (Å²) < 4.78 is 0. The van der Waals surface area contributed by atoms with Crippen molar-refractivity contribution in [3.8, 4) is 6.07 Å². The highest BCUT2D eigenvalue weighted by molar-refractivity contribution is 4.91. The van der Waals surface area contributed by atoms with Crippen LogP contribution in [0.4, 0.5) is 0 Å². The standard InChI is InChI=1S/C12H21N2O/c1-11(2)10-14-8-5-12(15,6-9-14)4-3-7-13/h15H,3-6,8-10H2,1-2H3. The van der Waals surface area contributed by atoms with Gasteiger partial charge < -0.3 is 10.0 Å². The highest BCUT2D eigenvalue weighted by Gasteiger charge is 2.31. The third-order valence-electron chi connectivity index (χ3n) is 3.03. The minimum atomic E-state index is -0.576. The predicted octanol–water partition coefficient (Wildman–Crippen LogP) is 1.73. The summed E-state index contributed by atoms with van der Waals surface area (Å²) in [6, 6.07) is 2.11. The van der Waals surface area contributed by atoms with Gasteiger partial charge >= 0.3 is 0 Å². The second kappa shape index (κ2) is 5.48. The highest BCUT2D eigenvalue weighted by Crippen LogP contribution is 2.27. The Balaban J connectivity index is 2.31. The molecule has 85 valence electrons. The Morgan fingerprint density at radius 3 is 2.47 bits per heavy atom. The van der Waals surface area contributed by atoms with Crippen molar-refractivity contribution in [1.82, 2.24) is 4.90 Å². The van der Waals surface area contributed by atoms with Crippen LogP contribution in [0, 0.1) is 17.2 Å². The molecule has 1 aliphatic rings. The summed E-state index contributed by atoms with van der Waals surface area (Å²) in [5.74, 6) is 1.41. The molecule has 1 saturated heterocycles. The van der Waals surface area contributed by atoms with Crippen molar-refractivity contribution in [2.24, 2.45) is 0 Å². The smallest absolute Gasteiger partial charge is 0.0682 e. The third-order valence-corrected chi connectivity index (χ3v) is 3.03. The van der Waals surface area contributed by atoms with Gasteiger partial charge in [-0.25, -0.2) is 0 Å². The Morgan fingerprint density at radius 1 is 1.40 bits per heavy atom. The maximum Gasteiger partial charge on any atom is 0.0682 e. The average Bonchev–Trinajstić information content (AvgIpc) is 2.19. The first-order valence-electron chi connectivity index (χ1n) is 5.66. The number of hydrogen-bond donors (Lipinski definition) is 1. The van der Waals surface area contributed by atoms with Gasteiger partial charge in [0, 0.05) is 26.1 Å². The summed E-state index contributed by atoms with van der Waals surface area (Å²) in [5, 5.41) is 18.7. The quantitative estimate of drug-likeness (QED) is 0.767. The van der Waals surface area contributed by atoms with E-state index in [-0.39, 0.29) is 0 Å². The number of nitrogens with zero attached hydrogens (tertiary/aromatic N) is 2. The molecule has 0 spiro atoms. The number of nitriles is 1. The van der Waals surface area contributed by atoms with Crippen LogP contribution in [0.5, 0.6) is 0 Å². The lowest BCUT2D eigenvalue weighted by atomic mass is 9.87. The summed E-state index contributed by atoms with van der Waals surface area (Å²) in [6.45, 7) is 7.21. The van der Waals surface area contributed by atoms with E-state index in [4.69, 9.17) is 5.26 Å². The Hall–Kier alpha value is -0.590. The lowest BCUT2D eigenvalue weighted by Gasteiger charge is -2.38. The maximum atomic E-state index is 10.2. The summed E-state index contributed by atoms with van der Waals surface area (Å²) in [5.41, 5.74) is -0.576. The van der Waals surface area contributed by atoms with Crippen molar-refractivity contribution in [1.29, 1.82) is 5.26 Å². The van der Waals surface area contributed by atoms with Crippen LogP contribution in [0.25, 0.3) is 0 Å². The molecule has 0 atom stereocenters. The summed E-state index contributed by atoms with van der Waals surface area (Å²) >= 11 is 0. The molecule has 1 radical (unpaired) electrons. The van der Waals surface area contributed by atoms with Crippen LogP contribution in [0.15, 0.2) is 0 Å². The second-order valence-corrected chi connectivity index (χ2v) is 4.87. The lowest BCUT2D eigenvalue weighted by molar-refractivity contribution is -0.0255. The monoisotopic (exact) mass is 209 g/mol. The fourth-order valence-corrected chi connectivity index (χ4v) is 2.11. The van der Waals surface area contributed by atoms with Gasteiger partial charge in [0.2, 0.25) is 0 Å². The first-order valence-corrected chi connectivity index (χ1v) is 5.66. The average molecular weight is 209 g/mol. The van der Waals surface area contributed by atoms with Crippen molar-refractivity contribution in [2.45, 2.75) is 45.1 Å². The third kappa shape index (κ3) is 4.19. The Bertz CT molecular complexity index is 224. The number of rotatable bonds is 4. The summed E-state index contributed by atoms with van der Waals surface area (Å²) in [7, 11) is 0. The molecule has 1 heterocycles. The zero-order valence-corrected chi connectivity index (χ0v) is 9.79. The van der Waals surface area contributed by atoms with Crippen molar-refractivity contribution in [2.75, 3.05) is 19.6 Å². The van der Waals surface area contributed by atoms with E-state index in [1.165, 1.54) is 5.92 Å². The fourth-order valence-electron chi connectivity index (χ4n) is 2.11. The van der Waals surface area contributed by atoms with E-state index in [1.54, 1.807) is 0 Å². The molecule has 0 aromatic carbocycles. The van der Waals surface area contributed by atoms with E-state index in [0.717, 1.165) is 32.5 Å². The molecule has 1 N–H and O–H groups in total. The SMILES string of the molecule is C[C](C)CN1CCC(O)(CCC#N)CC1. The van der Waals surface area contributed by atoms with Gasteiger partial charge in [-0.3, -0.25) is 0 Å². The minimum Gasteiger partial charge on any atom is -0.390 e. The van der Waals surface area contributed by atoms with Gasteiger partial charge in [-0.05, 0) is 25.2 Å². The van der Waals surface area contributed by atoms with Gasteiger partial charge in [-0.15, -0.1) is 0 Å². The molecule has 1 fully saturated rings. The molecular formula is C12H21N2O. The van der Waals surface area contributed by atoms with Crippen LogP contribution in [0.2, 0.25) is 0 Å². The molecule has 1 rings (SSSR count). The lowest BCUT2D eigenvalue weighted by Crippen LogP contribution is -2.45. The molecule has 0 aliphatic carbocycles. The Kier molecular flexibility index (Phi) is 4.56. The molecule has 0 bridgehead atoms. The molecule has 0 unspecified atom stereocenters. The molecule has 1 aliphatic heterocycles. The first kappa shape index (κ1) is 12.5. The topological polar surface area (TPSA) is 47.3 Å². The van der Waals surface area contributed by atoms with Crippen molar-refractivity contribution in [3.63, 3.8) is 0 Å². The summed E-state index contributed by atoms with van der Waals surface area (Å²) in [6.07, 6.45) is 2.71. The second-order valence-electron chi connectivity index (χ2n) is 4.87. The number of likely N-dealkylation sites (tertiary alicyclic amines) is 1. The zero-order valence-electron chi connectivity index (χ0n) is 9.79. The van der Waals surface area contributed by atoms with Crippen LogP contribution in [-0.2, 0) is 0 Å². The molecule has 3 heteroatoms. The van der Waals surface area contributed by atoms with E-state index < -0.39 is 5.60 Å². The Labute approximate surface area is 92.7 Å². The van der Waals surface area contributed by atoms with Gasteiger partial charge in [0.1, 0.15) is 0 Å². The normalized spacial score (nSPS) is 21.5. The molecule has 3 nitrogen and oxygen atoms in total. The van der Waals surface area contributed by atoms with Crippen LogP contribution in [0.1, 0.15) is 39.5 Å². The van der Waals surface area contributed by atoms with Crippen LogP contribution in [-0.4, -0.2) is 35.2 Å². The Morgan fingerprint density at radius 2 is 2.00 bits per heavy atom. The van der Waals surface area contributed by atoms with E-state index in [0.29, 0.717) is 12.8 Å². The first-order chi connectivity index (χ1) is 7.06. The van der Waals surface area contributed by atoms with Gasteiger partial charge in [0.05, 0.1) is 11.7 Å². The largest absolute Gasteiger partial charge is 0.390 e. The number of hydrogen-bond acceptors (Lipinski definition) is 3. The van der Waals surface area contributed by atoms with Crippen LogP contribution >= 0.6 is 0 Å². The van der Waals surface area contributed by atoms with Crippen molar-refractivity contribution < 1.29 is 5.11 Å². The maximum absolute atomic E-state index is 10.2. The molecular weight excluding hydrogens is 188 g/mol. The molecule has 15 heavy (non-hydrogen) atoms. The zero-order chi connectivity index (χ0) is 11.3. The molecule has 0 aromatic heterocycles. The van der Waals surface area contributed by atoms with Crippen LogP contribution < -0.4 is 0 Å². The van der Waals surface area contributed by atoms with Gasteiger partial charge in [-0.2, -0.15) is 5.26 Å². The van der Waals surface area contributed by atoms with Crippen LogP contribution in [0.3, 0.4) is 0 Å². The highest BCUT2D eigenvalue weighted by atomic mass is 16.3. The van der Waals surface area contributed by atoms with Gasteiger partial charge in [-0.1, -0.05) is 13.8 Å². The fraction of sp³-hybridized carbons (Fsp3) is 0.833. The van der Waals surface area contributed by atoms with Gasteiger partial charge in [0.25, 0.3) is 0 Å². The van der Waals surface area contributed by atoms with Crippen molar-refractivity contribution >= 4 is 0 Å². The van der Waals surface area contributed by atoms with E-state index >= 15 is 0 Å². The predicted molar refractivity (Wildman–Crippen MR) is 60.1 cm³/mol. The van der Waals surface area contributed by atoms with E-state index in [9.17, 15) is 5.11 Å². The number of piperidine rings is 1. The van der Waals surface area contributed by atoms with Gasteiger partial charge in [0.15, 0.2) is 0 Å². The molecule has 0 saturated carbocycles. The van der Waals surface area contributed by atoms with E-state index in [2.05, 4.69) is 24.8 Å².